The minimum Gasteiger partial charge on any atom is -0.366 e. The van der Waals surface area contributed by atoms with E-state index in [4.69, 9.17) is 0 Å². The van der Waals surface area contributed by atoms with Gasteiger partial charge in [-0.1, -0.05) is 12.1 Å². The topological polar surface area (TPSA) is 65.0 Å². The first-order valence-corrected chi connectivity index (χ1v) is 10.5. The molecule has 2 aliphatic rings. The van der Waals surface area contributed by atoms with Crippen molar-refractivity contribution in [3.63, 3.8) is 0 Å². The van der Waals surface area contributed by atoms with Gasteiger partial charge in [0.25, 0.3) is 0 Å². The number of piperazine rings is 1. The van der Waals surface area contributed by atoms with Crippen molar-refractivity contribution in [1.29, 1.82) is 0 Å². The quantitative estimate of drug-likeness (QED) is 0.636. The van der Waals surface area contributed by atoms with Gasteiger partial charge in [0.15, 0.2) is 15.8 Å². The van der Waals surface area contributed by atoms with E-state index in [-0.39, 0.29) is 17.5 Å². The summed E-state index contributed by atoms with van der Waals surface area (Å²) in [4.78, 5) is 8.50. The summed E-state index contributed by atoms with van der Waals surface area (Å²) in [5.41, 5.74) is 0.640. The lowest BCUT2D eigenvalue weighted by Crippen LogP contribution is -2.53. The van der Waals surface area contributed by atoms with Crippen LogP contribution in [-0.4, -0.2) is 70.6 Å². The lowest BCUT2D eigenvalue weighted by molar-refractivity contribution is 0.367. The second-order valence-electron chi connectivity index (χ2n) is 6.62. The van der Waals surface area contributed by atoms with Crippen LogP contribution in [0, 0.1) is 11.7 Å². The number of nitrogens with one attached hydrogen (secondary N) is 1. The summed E-state index contributed by atoms with van der Waals surface area (Å²) >= 11 is 0. The third-order valence-corrected chi connectivity index (χ3v) is 6.70. The fourth-order valence-corrected chi connectivity index (χ4v) is 5.33. The normalized spacial score (nSPS) is 23.8. The highest BCUT2D eigenvalue weighted by molar-refractivity contribution is 7.91. The molecular weight excluding hydrogens is 343 g/mol. The molecular formula is C17H25FN4O2S. The van der Waals surface area contributed by atoms with E-state index in [1.807, 2.05) is 11.0 Å². The molecule has 0 bridgehead atoms. The van der Waals surface area contributed by atoms with Gasteiger partial charge in [-0.2, -0.15) is 0 Å². The Morgan fingerprint density at radius 2 is 2.00 bits per heavy atom. The minimum atomic E-state index is -2.85. The van der Waals surface area contributed by atoms with Crippen molar-refractivity contribution >= 4 is 21.5 Å². The molecule has 1 unspecified atom stereocenters. The first kappa shape index (κ1) is 18.0. The van der Waals surface area contributed by atoms with Gasteiger partial charge in [-0.3, -0.25) is 4.99 Å². The van der Waals surface area contributed by atoms with Crippen molar-refractivity contribution in [2.45, 2.75) is 6.42 Å². The Balaban J connectivity index is 1.52. The van der Waals surface area contributed by atoms with Crippen molar-refractivity contribution < 1.29 is 12.8 Å². The first-order valence-electron chi connectivity index (χ1n) is 8.64. The van der Waals surface area contributed by atoms with Crippen LogP contribution in [0.1, 0.15) is 6.42 Å². The van der Waals surface area contributed by atoms with Crippen molar-refractivity contribution in [2.75, 3.05) is 56.2 Å². The standard InChI is InChI=1S/C17H25FN4O2S/c1-19-17(20-12-14-6-11-25(23,24)13-14)22-9-7-21(8-10-22)16-5-3-2-4-15(16)18/h2-5,14H,6-13H2,1H3,(H,19,20). The number of halogens is 1. The predicted molar refractivity (Wildman–Crippen MR) is 98.3 cm³/mol. The first-order chi connectivity index (χ1) is 12.0. The van der Waals surface area contributed by atoms with E-state index in [0.717, 1.165) is 32.1 Å². The Labute approximate surface area is 148 Å². The molecule has 2 aliphatic heterocycles. The summed E-state index contributed by atoms with van der Waals surface area (Å²) in [6.07, 6.45) is 0.716. The summed E-state index contributed by atoms with van der Waals surface area (Å²) < 4.78 is 37.0. The molecule has 0 spiro atoms. The zero-order valence-corrected chi connectivity index (χ0v) is 15.3. The summed E-state index contributed by atoms with van der Waals surface area (Å²) in [6.45, 7) is 3.56. The second kappa shape index (κ2) is 7.59. The Kier molecular flexibility index (Phi) is 5.46. The number of hydrogen-bond donors (Lipinski definition) is 1. The molecule has 0 saturated carbocycles. The molecule has 0 amide bonds. The van der Waals surface area contributed by atoms with E-state index in [2.05, 4.69) is 15.2 Å². The maximum atomic E-state index is 13.9. The molecule has 2 fully saturated rings. The van der Waals surface area contributed by atoms with Gasteiger partial charge in [-0.05, 0) is 24.5 Å². The number of benzene rings is 1. The summed E-state index contributed by atoms with van der Waals surface area (Å²) in [6, 6.07) is 6.83. The van der Waals surface area contributed by atoms with E-state index >= 15 is 0 Å². The van der Waals surface area contributed by atoms with Gasteiger partial charge >= 0.3 is 0 Å². The maximum Gasteiger partial charge on any atom is 0.193 e. The highest BCUT2D eigenvalue weighted by atomic mass is 32.2. The van der Waals surface area contributed by atoms with Crippen LogP contribution in [0.5, 0.6) is 0 Å². The fourth-order valence-electron chi connectivity index (χ4n) is 3.47. The van der Waals surface area contributed by atoms with Gasteiger partial charge in [0, 0.05) is 39.8 Å². The number of rotatable bonds is 3. The van der Waals surface area contributed by atoms with Gasteiger partial charge < -0.3 is 15.1 Å². The summed E-state index contributed by atoms with van der Waals surface area (Å²) in [7, 11) is -1.12. The van der Waals surface area contributed by atoms with Crippen molar-refractivity contribution in [3.8, 4) is 0 Å². The van der Waals surface area contributed by atoms with Gasteiger partial charge in [-0.15, -0.1) is 0 Å². The largest absolute Gasteiger partial charge is 0.366 e. The number of sulfone groups is 1. The zero-order chi connectivity index (χ0) is 17.9. The summed E-state index contributed by atoms with van der Waals surface area (Å²) in [5, 5.41) is 3.30. The number of hydrogen-bond acceptors (Lipinski definition) is 4. The van der Waals surface area contributed by atoms with Crippen LogP contribution in [0.25, 0.3) is 0 Å². The average Bonchev–Trinajstić information content (AvgIpc) is 2.95. The van der Waals surface area contributed by atoms with Crippen molar-refractivity contribution in [1.82, 2.24) is 10.2 Å². The van der Waals surface area contributed by atoms with Crippen LogP contribution in [0.2, 0.25) is 0 Å². The molecule has 1 aromatic rings. The van der Waals surface area contributed by atoms with Gasteiger partial charge in [0.1, 0.15) is 5.82 Å². The molecule has 6 nitrogen and oxygen atoms in total. The highest BCUT2D eigenvalue weighted by Crippen LogP contribution is 2.20. The molecule has 25 heavy (non-hydrogen) atoms. The number of para-hydroxylation sites is 1. The highest BCUT2D eigenvalue weighted by Gasteiger charge is 2.28. The van der Waals surface area contributed by atoms with Crippen LogP contribution in [0.4, 0.5) is 10.1 Å². The van der Waals surface area contributed by atoms with Crippen LogP contribution in [0.3, 0.4) is 0 Å². The van der Waals surface area contributed by atoms with Crippen molar-refractivity contribution in [2.24, 2.45) is 10.9 Å². The minimum absolute atomic E-state index is 0.154. The Morgan fingerprint density at radius 1 is 1.28 bits per heavy atom. The fraction of sp³-hybridized carbons (Fsp3) is 0.588. The Morgan fingerprint density at radius 3 is 2.60 bits per heavy atom. The third-order valence-electron chi connectivity index (χ3n) is 4.86. The van der Waals surface area contributed by atoms with Crippen LogP contribution < -0.4 is 10.2 Å². The average molecular weight is 368 g/mol. The van der Waals surface area contributed by atoms with Crippen LogP contribution in [0.15, 0.2) is 29.3 Å². The maximum absolute atomic E-state index is 13.9. The smallest absolute Gasteiger partial charge is 0.193 e. The molecule has 0 radical (unpaired) electrons. The lowest BCUT2D eigenvalue weighted by atomic mass is 10.1. The molecule has 1 atom stereocenters. The van der Waals surface area contributed by atoms with E-state index < -0.39 is 9.84 Å². The van der Waals surface area contributed by atoms with E-state index in [9.17, 15) is 12.8 Å². The molecule has 1 aromatic carbocycles. The second-order valence-corrected chi connectivity index (χ2v) is 8.85. The molecule has 0 aromatic heterocycles. The molecule has 0 aliphatic carbocycles. The monoisotopic (exact) mass is 368 g/mol. The summed E-state index contributed by atoms with van der Waals surface area (Å²) in [5.74, 6) is 1.30. The molecule has 2 heterocycles. The van der Waals surface area contributed by atoms with Crippen LogP contribution in [-0.2, 0) is 9.84 Å². The van der Waals surface area contributed by atoms with Gasteiger partial charge in [0.2, 0.25) is 0 Å². The zero-order valence-electron chi connectivity index (χ0n) is 14.5. The molecule has 2 saturated heterocycles. The third kappa shape index (κ3) is 4.42. The van der Waals surface area contributed by atoms with Crippen LogP contribution >= 0.6 is 0 Å². The Hall–Kier alpha value is -1.83. The van der Waals surface area contributed by atoms with E-state index in [1.54, 1.807) is 19.2 Å². The predicted octanol–water partition coefficient (Wildman–Crippen LogP) is 0.958. The molecule has 3 rings (SSSR count). The van der Waals surface area contributed by atoms with Crippen molar-refractivity contribution in [3.05, 3.63) is 30.1 Å². The van der Waals surface area contributed by atoms with Gasteiger partial charge in [0.05, 0.1) is 17.2 Å². The Bertz CT molecular complexity index is 730. The van der Waals surface area contributed by atoms with E-state index in [1.165, 1.54) is 6.07 Å². The number of nitrogens with zero attached hydrogens (tertiary/aromatic N) is 3. The number of aliphatic imine (C=N–C) groups is 1. The molecule has 138 valence electrons. The van der Waals surface area contributed by atoms with E-state index in [0.29, 0.717) is 24.4 Å². The molecule has 8 heteroatoms. The number of guanidine groups is 1. The van der Waals surface area contributed by atoms with Gasteiger partial charge in [-0.25, -0.2) is 12.8 Å². The number of anilines is 1. The molecule has 1 N–H and O–H groups in total. The lowest BCUT2D eigenvalue weighted by Gasteiger charge is -2.38. The SMILES string of the molecule is CN=C(NCC1CCS(=O)(=O)C1)N1CCN(c2ccccc2F)CC1.